The molecule has 0 radical (unpaired) electrons. The van der Waals surface area contributed by atoms with Crippen molar-refractivity contribution in [3.8, 4) is 0 Å². The maximum atomic E-state index is 11.4. The molecule has 0 atom stereocenters. The third-order valence-electron chi connectivity index (χ3n) is 2.47. The maximum Gasteiger partial charge on any atom is 0.151 e. The SMILES string of the molecule is Cn1nc2c(c1Br)CCS(=O)(=O)CC2. The average Bonchev–Trinajstić information content (AvgIpc) is 2.27. The fraction of sp³-hybridized carbons (Fsp3) is 0.625. The standard InChI is InChI=1S/C8H11BrN2O2S/c1-11-8(9)6-2-4-14(12,13)5-3-7(6)10-11/h2-5H2,1H3. The number of nitrogens with zero attached hydrogens (tertiary/aromatic N) is 2. The molecule has 0 aliphatic carbocycles. The number of hydrogen-bond acceptors (Lipinski definition) is 3. The molecule has 6 heteroatoms. The van der Waals surface area contributed by atoms with Gasteiger partial charge in [-0.2, -0.15) is 5.10 Å². The first-order valence-electron chi connectivity index (χ1n) is 4.40. The van der Waals surface area contributed by atoms with E-state index in [1.165, 1.54) is 0 Å². The highest BCUT2D eigenvalue weighted by Crippen LogP contribution is 2.24. The summed E-state index contributed by atoms with van der Waals surface area (Å²) in [4.78, 5) is 0. The maximum absolute atomic E-state index is 11.4. The Hall–Kier alpha value is -0.360. The molecule has 2 heterocycles. The topological polar surface area (TPSA) is 52.0 Å². The first-order valence-corrected chi connectivity index (χ1v) is 7.02. The first kappa shape index (κ1) is 10.2. The van der Waals surface area contributed by atoms with Gasteiger partial charge in [-0.15, -0.1) is 0 Å². The lowest BCUT2D eigenvalue weighted by molar-refractivity contribution is 0.595. The van der Waals surface area contributed by atoms with E-state index in [4.69, 9.17) is 0 Å². The molecule has 1 aromatic heterocycles. The quantitative estimate of drug-likeness (QED) is 0.702. The lowest BCUT2D eigenvalue weighted by Gasteiger charge is -1.98. The summed E-state index contributed by atoms with van der Waals surface area (Å²) < 4.78 is 25.4. The van der Waals surface area contributed by atoms with Crippen molar-refractivity contribution in [3.05, 3.63) is 15.9 Å². The molecule has 1 aromatic rings. The molecule has 0 spiro atoms. The van der Waals surface area contributed by atoms with Crippen molar-refractivity contribution in [2.45, 2.75) is 12.8 Å². The smallest absolute Gasteiger partial charge is 0.151 e. The van der Waals surface area contributed by atoms with Gasteiger partial charge in [0.2, 0.25) is 0 Å². The second kappa shape index (κ2) is 3.34. The van der Waals surface area contributed by atoms with E-state index in [-0.39, 0.29) is 11.5 Å². The van der Waals surface area contributed by atoms with Crippen LogP contribution in [0.1, 0.15) is 11.3 Å². The number of aromatic nitrogens is 2. The summed E-state index contributed by atoms with van der Waals surface area (Å²) in [6.45, 7) is 0. The van der Waals surface area contributed by atoms with Crippen molar-refractivity contribution in [1.82, 2.24) is 9.78 Å². The van der Waals surface area contributed by atoms with Gasteiger partial charge in [-0.1, -0.05) is 0 Å². The van der Waals surface area contributed by atoms with Crippen LogP contribution in [-0.2, 0) is 29.7 Å². The third-order valence-corrected chi connectivity index (χ3v) is 5.11. The molecule has 78 valence electrons. The van der Waals surface area contributed by atoms with Gasteiger partial charge < -0.3 is 0 Å². The minimum absolute atomic E-state index is 0.226. The summed E-state index contributed by atoms with van der Waals surface area (Å²) in [5, 5.41) is 4.28. The molecule has 4 nitrogen and oxygen atoms in total. The Morgan fingerprint density at radius 1 is 1.36 bits per heavy atom. The summed E-state index contributed by atoms with van der Waals surface area (Å²) in [6.07, 6.45) is 1.11. The molecule has 0 fully saturated rings. The Kier molecular flexibility index (Phi) is 2.43. The molecule has 0 amide bonds. The summed E-state index contributed by atoms with van der Waals surface area (Å²) in [7, 11) is -1.00. The van der Waals surface area contributed by atoms with Crippen LogP contribution < -0.4 is 0 Å². The van der Waals surface area contributed by atoms with Crippen LogP contribution in [-0.4, -0.2) is 29.7 Å². The Balaban J connectivity index is 2.42. The molecule has 0 bridgehead atoms. The van der Waals surface area contributed by atoms with E-state index in [1.807, 2.05) is 7.05 Å². The summed E-state index contributed by atoms with van der Waals surface area (Å²) >= 11 is 3.41. The summed E-state index contributed by atoms with van der Waals surface area (Å²) in [5.74, 6) is 0.466. The summed E-state index contributed by atoms with van der Waals surface area (Å²) in [6, 6.07) is 0. The van der Waals surface area contributed by atoms with Gasteiger partial charge in [0, 0.05) is 19.0 Å². The van der Waals surface area contributed by atoms with E-state index in [1.54, 1.807) is 4.68 Å². The highest BCUT2D eigenvalue weighted by Gasteiger charge is 2.23. The molecule has 14 heavy (non-hydrogen) atoms. The van der Waals surface area contributed by atoms with Crippen LogP contribution in [0.3, 0.4) is 0 Å². The molecule has 0 saturated heterocycles. The Morgan fingerprint density at radius 2 is 2.00 bits per heavy atom. The fourth-order valence-corrected chi connectivity index (χ4v) is 3.39. The van der Waals surface area contributed by atoms with Crippen LogP contribution in [0.15, 0.2) is 4.60 Å². The zero-order valence-electron chi connectivity index (χ0n) is 7.83. The Labute approximate surface area is 91.4 Å². The molecule has 2 rings (SSSR count). The van der Waals surface area contributed by atoms with Crippen molar-refractivity contribution in [2.24, 2.45) is 7.05 Å². The van der Waals surface area contributed by atoms with Gasteiger partial charge in [-0.25, -0.2) is 8.42 Å². The number of hydrogen-bond donors (Lipinski definition) is 0. The molecule has 0 unspecified atom stereocenters. The van der Waals surface area contributed by atoms with Gasteiger partial charge in [-0.3, -0.25) is 4.68 Å². The summed E-state index contributed by atoms with van der Waals surface area (Å²) in [5.41, 5.74) is 1.97. The number of aryl methyl sites for hydroxylation is 2. The average molecular weight is 279 g/mol. The second-order valence-electron chi connectivity index (χ2n) is 3.49. The number of fused-ring (bicyclic) bond motifs is 1. The second-order valence-corrected chi connectivity index (χ2v) is 6.55. The largest absolute Gasteiger partial charge is 0.261 e. The first-order chi connectivity index (χ1) is 6.49. The van der Waals surface area contributed by atoms with Gasteiger partial charge in [0.25, 0.3) is 0 Å². The molecule has 1 aliphatic heterocycles. The monoisotopic (exact) mass is 278 g/mol. The highest BCUT2D eigenvalue weighted by molar-refractivity contribution is 9.10. The zero-order valence-corrected chi connectivity index (χ0v) is 10.2. The third kappa shape index (κ3) is 1.72. The molecular formula is C8H11BrN2O2S. The van der Waals surface area contributed by atoms with Crippen molar-refractivity contribution in [1.29, 1.82) is 0 Å². The highest BCUT2D eigenvalue weighted by atomic mass is 79.9. The molecule has 0 saturated carbocycles. The molecule has 0 aromatic carbocycles. The number of sulfone groups is 1. The predicted molar refractivity (Wildman–Crippen MR) is 57.0 cm³/mol. The van der Waals surface area contributed by atoms with Crippen molar-refractivity contribution >= 4 is 25.8 Å². The van der Waals surface area contributed by atoms with E-state index in [0.717, 1.165) is 15.9 Å². The molecule has 0 N–H and O–H groups in total. The zero-order chi connectivity index (χ0) is 10.3. The van der Waals surface area contributed by atoms with Crippen LogP contribution in [0.2, 0.25) is 0 Å². The van der Waals surface area contributed by atoms with Crippen LogP contribution >= 0.6 is 15.9 Å². The Bertz CT molecular complexity index is 464. The molecular weight excluding hydrogens is 268 g/mol. The van der Waals surface area contributed by atoms with E-state index >= 15 is 0 Å². The van der Waals surface area contributed by atoms with Gasteiger partial charge in [0.15, 0.2) is 9.84 Å². The molecule has 1 aliphatic rings. The fourth-order valence-electron chi connectivity index (χ4n) is 1.66. The van der Waals surface area contributed by atoms with Crippen molar-refractivity contribution in [3.63, 3.8) is 0 Å². The number of rotatable bonds is 0. The Morgan fingerprint density at radius 3 is 2.71 bits per heavy atom. The van der Waals surface area contributed by atoms with Gasteiger partial charge in [0.1, 0.15) is 4.60 Å². The minimum atomic E-state index is -2.86. The lowest BCUT2D eigenvalue weighted by atomic mass is 10.2. The predicted octanol–water partition coefficient (Wildman–Crippen LogP) is 0.696. The van der Waals surface area contributed by atoms with Crippen molar-refractivity contribution in [2.75, 3.05) is 11.5 Å². The van der Waals surface area contributed by atoms with Gasteiger partial charge in [-0.05, 0) is 22.4 Å². The van der Waals surface area contributed by atoms with E-state index in [2.05, 4.69) is 21.0 Å². The van der Waals surface area contributed by atoms with Gasteiger partial charge in [0.05, 0.1) is 17.2 Å². The normalized spacial score (nSPS) is 20.1. The van der Waals surface area contributed by atoms with E-state index in [0.29, 0.717) is 12.8 Å². The van der Waals surface area contributed by atoms with Crippen LogP contribution in [0, 0.1) is 0 Å². The van der Waals surface area contributed by atoms with Gasteiger partial charge >= 0.3 is 0 Å². The van der Waals surface area contributed by atoms with Crippen LogP contribution in [0.4, 0.5) is 0 Å². The van der Waals surface area contributed by atoms with E-state index in [9.17, 15) is 8.42 Å². The van der Waals surface area contributed by atoms with Crippen LogP contribution in [0.5, 0.6) is 0 Å². The van der Waals surface area contributed by atoms with E-state index < -0.39 is 9.84 Å². The lowest BCUT2D eigenvalue weighted by Crippen LogP contribution is -2.11. The minimum Gasteiger partial charge on any atom is -0.261 e. The van der Waals surface area contributed by atoms with Crippen molar-refractivity contribution < 1.29 is 8.42 Å². The van der Waals surface area contributed by atoms with Crippen LogP contribution in [0.25, 0.3) is 0 Å². The number of halogens is 1.